The molecule has 0 aliphatic heterocycles. The summed E-state index contributed by atoms with van der Waals surface area (Å²) in [5.41, 5.74) is 2.13. The van der Waals surface area contributed by atoms with Gasteiger partial charge in [0.15, 0.2) is 11.7 Å². The van der Waals surface area contributed by atoms with Gasteiger partial charge >= 0.3 is 0 Å². The quantitative estimate of drug-likeness (QED) is 0.648. The predicted molar refractivity (Wildman–Crippen MR) is 94.0 cm³/mol. The first-order valence-corrected chi connectivity index (χ1v) is 8.78. The van der Waals surface area contributed by atoms with Crippen LogP contribution in [0.4, 0.5) is 0 Å². The molecule has 0 spiro atoms. The van der Waals surface area contributed by atoms with Crippen LogP contribution in [0.15, 0.2) is 41.8 Å². The minimum atomic E-state index is -0.889. The van der Waals surface area contributed by atoms with Gasteiger partial charge in [-0.2, -0.15) is 10.5 Å². The molecule has 0 unspecified atom stereocenters. The standard InChI is InChI=1S/C18H11N3OS2/c1-11-2-7-16(24-11)17(22)14(9-20)18-21-15(10-23-18)13-5-3-12(8-19)4-6-13/h2-7,10,14H,1H3/t14-/m0/s1. The number of carbonyl (C=O) groups is 1. The molecule has 6 heteroatoms. The van der Waals surface area contributed by atoms with Crippen LogP contribution in [0.25, 0.3) is 11.3 Å². The lowest BCUT2D eigenvalue weighted by Gasteiger charge is -2.02. The van der Waals surface area contributed by atoms with E-state index in [4.69, 9.17) is 5.26 Å². The Bertz CT molecular complexity index is 971. The molecule has 1 atom stereocenters. The molecule has 0 aliphatic rings. The summed E-state index contributed by atoms with van der Waals surface area (Å²) in [7, 11) is 0. The van der Waals surface area contributed by atoms with Gasteiger partial charge in [-0.05, 0) is 31.2 Å². The van der Waals surface area contributed by atoms with Crippen LogP contribution in [0.5, 0.6) is 0 Å². The summed E-state index contributed by atoms with van der Waals surface area (Å²) in [6, 6.07) is 14.8. The molecule has 116 valence electrons. The molecule has 3 aromatic rings. The summed E-state index contributed by atoms with van der Waals surface area (Å²) in [6.45, 7) is 1.93. The molecule has 4 nitrogen and oxygen atoms in total. The van der Waals surface area contributed by atoms with E-state index in [1.54, 1.807) is 18.2 Å². The molecule has 2 heterocycles. The van der Waals surface area contributed by atoms with Crippen LogP contribution in [0.3, 0.4) is 0 Å². The van der Waals surface area contributed by atoms with E-state index in [0.29, 0.717) is 21.1 Å². The zero-order valence-electron chi connectivity index (χ0n) is 12.7. The summed E-state index contributed by atoms with van der Waals surface area (Å²) in [5, 5.41) is 20.6. The molecule has 0 saturated carbocycles. The van der Waals surface area contributed by atoms with Crippen molar-refractivity contribution in [1.29, 1.82) is 10.5 Å². The van der Waals surface area contributed by atoms with E-state index in [0.717, 1.165) is 10.4 Å². The Labute approximate surface area is 147 Å². The van der Waals surface area contributed by atoms with Crippen LogP contribution < -0.4 is 0 Å². The predicted octanol–water partition coefficient (Wildman–Crippen LogP) is 4.54. The van der Waals surface area contributed by atoms with Gasteiger partial charge in [0, 0.05) is 15.8 Å². The Morgan fingerprint density at radius 1 is 1.17 bits per heavy atom. The highest BCUT2D eigenvalue weighted by molar-refractivity contribution is 7.14. The van der Waals surface area contributed by atoms with Crippen LogP contribution in [0.2, 0.25) is 0 Å². The molecule has 0 fully saturated rings. The van der Waals surface area contributed by atoms with E-state index in [1.165, 1.54) is 22.7 Å². The smallest absolute Gasteiger partial charge is 0.196 e. The molecule has 0 aliphatic carbocycles. The van der Waals surface area contributed by atoms with Crippen molar-refractivity contribution in [3.63, 3.8) is 0 Å². The fraction of sp³-hybridized carbons (Fsp3) is 0.111. The largest absolute Gasteiger partial charge is 0.291 e. The van der Waals surface area contributed by atoms with Crippen LogP contribution in [0.1, 0.15) is 31.0 Å². The number of aromatic nitrogens is 1. The Morgan fingerprint density at radius 3 is 2.50 bits per heavy atom. The number of thiazole rings is 1. The van der Waals surface area contributed by atoms with Gasteiger partial charge < -0.3 is 0 Å². The first-order valence-electron chi connectivity index (χ1n) is 7.08. The zero-order chi connectivity index (χ0) is 17.1. The maximum atomic E-state index is 12.5. The average molecular weight is 349 g/mol. The van der Waals surface area contributed by atoms with E-state index in [2.05, 4.69) is 17.1 Å². The van der Waals surface area contributed by atoms with Gasteiger partial charge in [-0.25, -0.2) is 4.98 Å². The highest BCUT2D eigenvalue weighted by atomic mass is 32.1. The number of carbonyl (C=O) groups excluding carboxylic acids is 1. The van der Waals surface area contributed by atoms with E-state index in [9.17, 15) is 10.1 Å². The normalized spacial score (nSPS) is 11.5. The molecule has 0 amide bonds. The number of ketones is 1. The summed E-state index contributed by atoms with van der Waals surface area (Å²) >= 11 is 2.69. The van der Waals surface area contributed by atoms with Gasteiger partial charge in [0.1, 0.15) is 5.01 Å². The number of nitrogens with zero attached hydrogens (tertiary/aromatic N) is 3. The lowest BCUT2D eigenvalue weighted by atomic mass is 10.1. The molecular formula is C18H11N3OS2. The number of thiophene rings is 1. The van der Waals surface area contributed by atoms with Crippen LogP contribution >= 0.6 is 22.7 Å². The topological polar surface area (TPSA) is 77.5 Å². The molecule has 1 aromatic carbocycles. The third-order valence-electron chi connectivity index (χ3n) is 3.45. The molecular weight excluding hydrogens is 338 g/mol. The summed E-state index contributed by atoms with van der Waals surface area (Å²) < 4.78 is 0. The fourth-order valence-electron chi connectivity index (χ4n) is 2.20. The molecule has 0 radical (unpaired) electrons. The van der Waals surface area contributed by atoms with Gasteiger partial charge in [-0.3, -0.25) is 4.79 Å². The third-order valence-corrected chi connectivity index (χ3v) is 5.38. The molecule has 0 saturated heterocycles. The number of benzene rings is 1. The Balaban J connectivity index is 1.89. The second-order valence-electron chi connectivity index (χ2n) is 5.10. The summed E-state index contributed by atoms with van der Waals surface area (Å²) in [6.07, 6.45) is 0. The van der Waals surface area contributed by atoms with E-state index < -0.39 is 5.92 Å². The van der Waals surface area contributed by atoms with Gasteiger partial charge in [0.25, 0.3) is 0 Å². The minimum Gasteiger partial charge on any atom is -0.291 e. The highest BCUT2D eigenvalue weighted by Gasteiger charge is 2.26. The Hall–Kier alpha value is -2.80. The minimum absolute atomic E-state index is 0.212. The van der Waals surface area contributed by atoms with Crippen LogP contribution in [-0.2, 0) is 0 Å². The van der Waals surface area contributed by atoms with Gasteiger partial charge in [-0.1, -0.05) is 12.1 Å². The van der Waals surface area contributed by atoms with Crippen molar-refractivity contribution >= 4 is 28.5 Å². The van der Waals surface area contributed by atoms with Gasteiger partial charge in [0.2, 0.25) is 0 Å². The van der Waals surface area contributed by atoms with Crippen molar-refractivity contribution in [3.05, 3.63) is 62.1 Å². The lowest BCUT2D eigenvalue weighted by molar-refractivity contribution is 0.0982. The zero-order valence-corrected chi connectivity index (χ0v) is 14.3. The first kappa shape index (κ1) is 16.1. The number of nitriles is 2. The number of Topliss-reactive ketones (excluding diaryl/α,β-unsaturated/α-hetero) is 1. The van der Waals surface area contributed by atoms with E-state index >= 15 is 0 Å². The number of hydrogen-bond donors (Lipinski definition) is 0. The summed E-state index contributed by atoms with van der Waals surface area (Å²) in [5.74, 6) is -1.10. The van der Waals surface area contributed by atoms with Crippen LogP contribution in [0, 0.1) is 29.6 Å². The Kier molecular flexibility index (Phi) is 4.52. The summed E-state index contributed by atoms with van der Waals surface area (Å²) in [4.78, 5) is 18.6. The van der Waals surface area contributed by atoms with E-state index in [1.807, 2.05) is 30.5 Å². The van der Waals surface area contributed by atoms with Crippen molar-refractivity contribution in [1.82, 2.24) is 4.98 Å². The van der Waals surface area contributed by atoms with Gasteiger partial charge in [0.05, 0.1) is 28.3 Å². The lowest BCUT2D eigenvalue weighted by Crippen LogP contribution is -2.09. The molecule has 2 aromatic heterocycles. The number of rotatable bonds is 4. The SMILES string of the molecule is Cc1ccc(C(=O)[C@H](C#N)c2nc(-c3ccc(C#N)cc3)cs2)s1. The highest BCUT2D eigenvalue weighted by Crippen LogP contribution is 2.30. The second-order valence-corrected chi connectivity index (χ2v) is 7.27. The van der Waals surface area contributed by atoms with Crippen molar-refractivity contribution < 1.29 is 4.79 Å². The number of hydrogen-bond acceptors (Lipinski definition) is 6. The average Bonchev–Trinajstić information content (AvgIpc) is 3.25. The first-order chi connectivity index (χ1) is 11.6. The van der Waals surface area contributed by atoms with Gasteiger partial charge in [-0.15, -0.1) is 22.7 Å². The van der Waals surface area contributed by atoms with Crippen molar-refractivity contribution in [2.24, 2.45) is 0 Å². The molecule has 0 bridgehead atoms. The van der Waals surface area contributed by atoms with Crippen molar-refractivity contribution in [2.75, 3.05) is 0 Å². The molecule has 24 heavy (non-hydrogen) atoms. The van der Waals surface area contributed by atoms with E-state index in [-0.39, 0.29) is 5.78 Å². The van der Waals surface area contributed by atoms with Crippen molar-refractivity contribution in [2.45, 2.75) is 12.8 Å². The van der Waals surface area contributed by atoms with Crippen LogP contribution in [-0.4, -0.2) is 10.8 Å². The Morgan fingerprint density at radius 2 is 1.92 bits per heavy atom. The second kappa shape index (κ2) is 6.76. The fourth-order valence-corrected chi connectivity index (χ4v) is 3.91. The number of aryl methyl sites for hydroxylation is 1. The molecule has 3 rings (SSSR count). The van der Waals surface area contributed by atoms with Crippen molar-refractivity contribution in [3.8, 4) is 23.4 Å². The monoisotopic (exact) mass is 349 g/mol. The third kappa shape index (κ3) is 3.11. The molecule has 0 N–H and O–H groups in total. The maximum absolute atomic E-state index is 12.5. The maximum Gasteiger partial charge on any atom is 0.196 e.